The summed E-state index contributed by atoms with van der Waals surface area (Å²) < 4.78 is 1.31. The van der Waals surface area contributed by atoms with E-state index in [0.29, 0.717) is 0 Å². The lowest BCUT2D eigenvalue weighted by molar-refractivity contribution is 1.43. The van der Waals surface area contributed by atoms with Crippen LogP contribution in [0.25, 0.3) is 42.7 Å². The Balaban J connectivity index is 1.88. The largest absolute Gasteiger partial charge is 0.247 e. The smallest absolute Gasteiger partial charge is 0.0796 e. The van der Waals surface area contributed by atoms with Crippen LogP contribution in [0, 0.1) is 0 Å². The fourth-order valence-corrected chi connectivity index (χ4v) is 4.47. The van der Waals surface area contributed by atoms with E-state index >= 15 is 0 Å². The quantitative estimate of drug-likeness (QED) is 0.346. The Morgan fingerprint density at radius 2 is 1.24 bits per heavy atom. The van der Waals surface area contributed by atoms with E-state index in [0.717, 1.165) is 16.8 Å². The van der Waals surface area contributed by atoms with Crippen LogP contribution in [0.3, 0.4) is 0 Å². The minimum absolute atomic E-state index is 1.05. The Labute approximate surface area is 150 Å². The Hall–Kier alpha value is -2.97. The van der Waals surface area contributed by atoms with Gasteiger partial charge in [0.05, 0.1) is 11.2 Å². The van der Waals surface area contributed by atoms with Crippen LogP contribution < -0.4 is 0 Å². The fourth-order valence-electron chi connectivity index (χ4n) is 3.27. The topological polar surface area (TPSA) is 12.9 Å². The van der Waals surface area contributed by atoms with Gasteiger partial charge in [0, 0.05) is 25.9 Å². The monoisotopic (exact) mass is 337 g/mol. The molecule has 25 heavy (non-hydrogen) atoms. The number of para-hydroxylation sites is 1. The van der Waals surface area contributed by atoms with Gasteiger partial charge in [-0.15, -0.1) is 11.3 Å². The van der Waals surface area contributed by atoms with Crippen molar-refractivity contribution in [3.63, 3.8) is 0 Å². The predicted octanol–water partition coefficient (Wildman–Crippen LogP) is 6.78. The zero-order valence-electron chi connectivity index (χ0n) is 13.5. The summed E-state index contributed by atoms with van der Waals surface area (Å²) in [5.74, 6) is 0. The third kappa shape index (κ3) is 2.43. The molecule has 5 rings (SSSR count). The molecule has 0 saturated carbocycles. The van der Waals surface area contributed by atoms with Crippen molar-refractivity contribution < 1.29 is 0 Å². The van der Waals surface area contributed by atoms with Crippen LogP contribution in [0.5, 0.6) is 0 Å². The molecule has 0 aliphatic heterocycles. The van der Waals surface area contributed by atoms with E-state index in [1.165, 1.54) is 25.9 Å². The van der Waals surface area contributed by atoms with Crippen LogP contribution in [0.15, 0.2) is 91.0 Å². The molecule has 0 aliphatic carbocycles. The first kappa shape index (κ1) is 14.4. The summed E-state index contributed by atoms with van der Waals surface area (Å²) in [6, 6.07) is 31.7. The molecule has 2 heterocycles. The first-order valence-corrected chi connectivity index (χ1v) is 9.15. The molecule has 0 unspecified atom stereocenters. The number of fused-ring (bicyclic) bond motifs is 3. The SMILES string of the molecule is c1ccc(-c2cc3c(-c4ccccc4)nc4ccccc4c3s2)cc1. The van der Waals surface area contributed by atoms with Gasteiger partial charge in [-0.1, -0.05) is 78.9 Å². The lowest BCUT2D eigenvalue weighted by Crippen LogP contribution is -1.86. The van der Waals surface area contributed by atoms with Gasteiger partial charge < -0.3 is 0 Å². The summed E-state index contributed by atoms with van der Waals surface area (Å²) >= 11 is 1.85. The average molecular weight is 337 g/mol. The van der Waals surface area contributed by atoms with Gasteiger partial charge >= 0.3 is 0 Å². The molecular formula is C23H15NS. The molecular weight excluding hydrogens is 322 g/mol. The molecule has 2 aromatic heterocycles. The summed E-state index contributed by atoms with van der Waals surface area (Å²) in [4.78, 5) is 6.27. The van der Waals surface area contributed by atoms with Gasteiger partial charge in [0.25, 0.3) is 0 Å². The van der Waals surface area contributed by atoms with Gasteiger partial charge in [-0.05, 0) is 17.7 Å². The second-order valence-electron chi connectivity index (χ2n) is 6.06. The van der Waals surface area contributed by atoms with E-state index < -0.39 is 0 Å². The van der Waals surface area contributed by atoms with Crippen molar-refractivity contribution in [1.82, 2.24) is 4.98 Å². The number of nitrogens with zero attached hydrogens (tertiary/aromatic N) is 1. The van der Waals surface area contributed by atoms with Gasteiger partial charge in [0.2, 0.25) is 0 Å². The molecule has 0 bridgehead atoms. The summed E-state index contributed by atoms with van der Waals surface area (Å²) in [5, 5.41) is 2.46. The van der Waals surface area contributed by atoms with Gasteiger partial charge in [-0.2, -0.15) is 0 Å². The van der Waals surface area contributed by atoms with Crippen LogP contribution in [0.2, 0.25) is 0 Å². The number of thiophene rings is 1. The summed E-state index contributed by atoms with van der Waals surface area (Å²) in [6.45, 7) is 0. The maximum Gasteiger partial charge on any atom is 0.0796 e. The number of hydrogen-bond donors (Lipinski definition) is 0. The maximum atomic E-state index is 4.99. The van der Waals surface area contributed by atoms with Gasteiger partial charge in [0.15, 0.2) is 0 Å². The Bertz CT molecular complexity index is 1170. The van der Waals surface area contributed by atoms with E-state index in [2.05, 4.69) is 84.9 Å². The summed E-state index contributed by atoms with van der Waals surface area (Å²) in [6.07, 6.45) is 0. The van der Waals surface area contributed by atoms with Gasteiger partial charge in [0.1, 0.15) is 0 Å². The van der Waals surface area contributed by atoms with Crippen molar-refractivity contribution in [2.24, 2.45) is 0 Å². The number of hydrogen-bond acceptors (Lipinski definition) is 2. The highest BCUT2D eigenvalue weighted by molar-refractivity contribution is 7.23. The van der Waals surface area contributed by atoms with Crippen molar-refractivity contribution in [3.05, 3.63) is 91.0 Å². The third-order valence-electron chi connectivity index (χ3n) is 4.47. The van der Waals surface area contributed by atoms with E-state index in [4.69, 9.17) is 4.98 Å². The lowest BCUT2D eigenvalue weighted by Gasteiger charge is -2.06. The highest BCUT2D eigenvalue weighted by atomic mass is 32.1. The van der Waals surface area contributed by atoms with Crippen LogP contribution in [-0.2, 0) is 0 Å². The van der Waals surface area contributed by atoms with Crippen LogP contribution in [-0.4, -0.2) is 4.98 Å². The second-order valence-corrected chi connectivity index (χ2v) is 7.12. The van der Waals surface area contributed by atoms with E-state index in [9.17, 15) is 0 Å². The Morgan fingerprint density at radius 1 is 0.600 bits per heavy atom. The van der Waals surface area contributed by atoms with E-state index in [1.807, 2.05) is 17.4 Å². The Morgan fingerprint density at radius 3 is 2.00 bits per heavy atom. The number of rotatable bonds is 2. The van der Waals surface area contributed by atoms with Crippen LogP contribution in [0.1, 0.15) is 0 Å². The fraction of sp³-hybridized carbons (Fsp3) is 0. The maximum absolute atomic E-state index is 4.99. The average Bonchev–Trinajstić information content (AvgIpc) is 3.14. The standard InChI is InChI=1S/C23H15NS/c1-3-9-16(10-4-1)21-15-19-22(17-11-5-2-6-12-17)24-20-14-8-7-13-18(20)23(19)25-21/h1-15H. The first-order chi connectivity index (χ1) is 12.4. The molecule has 0 radical (unpaired) electrons. The lowest BCUT2D eigenvalue weighted by atomic mass is 10.0. The van der Waals surface area contributed by atoms with Crippen molar-refractivity contribution in [2.45, 2.75) is 0 Å². The normalized spacial score (nSPS) is 11.2. The minimum Gasteiger partial charge on any atom is -0.247 e. The molecule has 0 amide bonds. The van der Waals surface area contributed by atoms with Gasteiger partial charge in [-0.3, -0.25) is 0 Å². The molecule has 0 atom stereocenters. The second kappa shape index (κ2) is 5.83. The molecule has 1 nitrogen and oxygen atoms in total. The summed E-state index contributed by atoms with van der Waals surface area (Å²) in [7, 11) is 0. The molecule has 0 saturated heterocycles. The van der Waals surface area contributed by atoms with Crippen molar-refractivity contribution in [3.8, 4) is 21.7 Å². The molecule has 0 fully saturated rings. The summed E-state index contributed by atoms with van der Waals surface area (Å²) in [5.41, 5.74) is 4.53. The molecule has 5 aromatic rings. The molecule has 2 heteroatoms. The Kier molecular flexibility index (Phi) is 3.36. The first-order valence-electron chi connectivity index (χ1n) is 8.33. The molecule has 0 spiro atoms. The minimum atomic E-state index is 1.05. The highest BCUT2D eigenvalue weighted by Gasteiger charge is 2.14. The zero-order valence-corrected chi connectivity index (χ0v) is 14.3. The van der Waals surface area contributed by atoms with Crippen LogP contribution >= 0.6 is 11.3 Å². The number of pyridine rings is 1. The van der Waals surface area contributed by atoms with Crippen molar-refractivity contribution in [2.75, 3.05) is 0 Å². The molecule has 0 N–H and O–H groups in total. The van der Waals surface area contributed by atoms with Crippen molar-refractivity contribution in [1.29, 1.82) is 0 Å². The highest BCUT2D eigenvalue weighted by Crippen LogP contribution is 2.41. The third-order valence-corrected chi connectivity index (χ3v) is 5.69. The van der Waals surface area contributed by atoms with Gasteiger partial charge in [-0.25, -0.2) is 4.98 Å². The zero-order chi connectivity index (χ0) is 16.6. The molecule has 118 valence electrons. The molecule has 3 aromatic carbocycles. The predicted molar refractivity (Wildman–Crippen MR) is 108 cm³/mol. The van der Waals surface area contributed by atoms with E-state index in [1.54, 1.807) is 0 Å². The van der Waals surface area contributed by atoms with Crippen molar-refractivity contribution >= 4 is 32.3 Å². The number of benzene rings is 3. The molecule has 0 aliphatic rings. The van der Waals surface area contributed by atoms with Crippen LogP contribution in [0.4, 0.5) is 0 Å². The van der Waals surface area contributed by atoms with E-state index in [-0.39, 0.29) is 0 Å². The number of aromatic nitrogens is 1.